The summed E-state index contributed by atoms with van der Waals surface area (Å²) in [5.74, 6) is -0.472. The van der Waals surface area contributed by atoms with Gasteiger partial charge in [-0.15, -0.1) is 0 Å². The quantitative estimate of drug-likeness (QED) is 0.177. The van der Waals surface area contributed by atoms with Crippen molar-refractivity contribution in [1.29, 1.82) is 0 Å². The van der Waals surface area contributed by atoms with Gasteiger partial charge in [0.05, 0.1) is 18.4 Å². The molecule has 0 atom stereocenters. The fraction of sp³-hybridized carbons (Fsp3) is 0.379. The Hall–Kier alpha value is -3.74. The van der Waals surface area contributed by atoms with Crippen molar-refractivity contribution in [1.82, 2.24) is 20.5 Å². The molecule has 0 spiro atoms. The molecule has 2 amide bonds. The van der Waals surface area contributed by atoms with E-state index in [0.29, 0.717) is 6.42 Å². The molecule has 36 heavy (non-hydrogen) atoms. The number of aryl methyl sites for hydroxylation is 1. The average Bonchev–Trinajstić information content (AvgIpc) is 3.32. The Labute approximate surface area is 214 Å². The summed E-state index contributed by atoms with van der Waals surface area (Å²) < 4.78 is 1.79. The molecule has 0 unspecified atom stereocenters. The summed E-state index contributed by atoms with van der Waals surface area (Å²) in [4.78, 5) is 24.2. The van der Waals surface area contributed by atoms with Crippen LogP contribution in [-0.4, -0.2) is 34.4 Å². The number of carbonyl (C=O) groups excluding carboxylic acids is 2. The number of rotatable bonds is 14. The minimum Gasteiger partial charge on any atom is -0.347 e. The third kappa shape index (κ3) is 8.80. The van der Waals surface area contributed by atoms with Crippen molar-refractivity contribution in [3.05, 3.63) is 71.9 Å². The largest absolute Gasteiger partial charge is 0.347 e. The summed E-state index contributed by atoms with van der Waals surface area (Å²) in [5, 5.41) is 11.5. The first-order chi connectivity index (χ1) is 17.6. The molecule has 1 heterocycles. The highest BCUT2D eigenvalue weighted by Gasteiger charge is 2.11. The monoisotopic (exact) mass is 487 g/mol. The number of unbranched alkanes of at least 4 members (excludes halogenated alkanes) is 6. The molecule has 0 saturated carbocycles. The fourth-order valence-electron chi connectivity index (χ4n) is 3.85. The maximum atomic E-state index is 12.2. The molecule has 0 fully saturated rings. The van der Waals surface area contributed by atoms with Gasteiger partial charge in [-0.2, -0.15) is 10.2 Å². The Kier molecular flexibility index (Phi) is 10.9. The molecular weight excluding hydrogens is 450 g/mol. The lowest BCUT2D eigenvalue weighted by Gasteiger charge is -2.04. The van der Waals surface area contributed by atoms with Gasteiger partial charge in [-0.1, -0.05) is 93.5 Å². The zero-order valence-corrected chi connectivity index (χ0v) is 21.4. The summed E-state index contributed by atoms with van der Waals surface area (Å²) in [5.41, 5.74) is 7.08. The highest BCUT2D eigenvalue weighted by molar-refractivity contribution is 5.90. The smallest absolute Gasteiger partial charge is 0.259 e. The molecule has 3 aromatic rings. The van der Waals surface area contributed by atoms with Crippen molar-refractivity contribution in [2.45, 2.75) is 65.2 Å². The van der Waals surface area contributed by atoms with Gasteiger partial charge in [0.15, 0.2) is 0 Å². The van der Waals surface area contributed by atoms with Crippen molar-refractivity contribution < 1.29 is 9.59 Å². The number of carbonyl (C=O) groups is 2. The Morgan fingerprint density at radius 3 is 2.33 bits per heavy atom. The highest BCUT2D eigenvalue weighted by atomic mass is 16.2. The first-order valence-corrected chi connectivity index (χ1v) is 12.9. The van der Waals surface area contributed by atoms with Crippen LogP contribution in [-0.2, 0) is 9.59 Å². The number of para-hydroxylation sites is 1. The molecular formula is C29H37N5O2. The number of aromatic nitrogens is 2. The predicted molar refractivity (Wildman–Crippen MR) is 145 cm³/mol. The molecule has 1 aromatic heterocycles. The van der Waals surface area contributed by atoms with Crippen LogP contribution in [0.3, 0.4) is 0 Å². The lowest BCUT2D eigenvalue weighted by Crippen LogP contribution is -2.34. The van der Waals surface area contributed by atoms with Crippen molar-refractivity contribution in [3.63, 3.8) is 0 Å². The standard InChI is InChI=1S/C29H37N5O2/c1-3-4-5-6-7-8-12-15-27(35)30-21-28(36)32-31-20-25-22-34(26-13-10-9-11-14-26)33-29(25)24-18-16-23(2)17-19-24/h9-11,13-14,16-20,22H,3-8,12,15,21H2,1-2H3,(H,30,35)(H,32,36)/b31-20-. The van der Waals surface area contributed by atoms with Gasteiger partial charge in [-0.3, -0.25) is 9.59 Å². The summed E-state index contributed by atoms with van der Waals surface area (Å²) in [6.45, 7) is 4.15. The molecule has 0 aliphatic heterocycles. The Morgan fingerprint density at radius 2 is 1.61 bits per heavy atom. The van der Waals surface area contributed by atoms with E-state index >= 15 is 0 Å². The van der Waals surface area contributed by atoms with Crippen LogP contribution >= 0.6 is 0 Å². The number of amides is 2. The van der Waals surface area contributed by atoms with E-state index in [2.05, 4.69) is 22.8 Å². The lowest BCUT2D eigenvalue weighted by atomic mass is 10.1. The maximum Gasteiger partial charge on any atom is 0.259 e. The number of nitrogens with zero attached hydrogens (tertiary/aromatic N) is 3. The van der Waals surface area contributed by atoms with Crippen LogP contribution in [0.5, 0.6) is 0 Å². The van der Waals surface area contributed by atoms with E-state index in [0.717, 1.165) is 47.3 Å². The van der Waals surface area contributed by atoms with Crippen LogP contribution in [0.2, 0.25) is 0 Å². The number of benzene rings is 2. The Balaban J connectivity index is 1.52. The molecule has 7 nitrogen and oxygen atoms in total. The van der Waals surface area contributed by atoms with Crippen LogP contribution in [0.15, 0.2) is 65.9 Å². The first-order valence-electron chi connectivity index (χ1n) is 12.9. The maximum absolute atomic E-state index is 12.2. The first kappa shape index (κ1) is 26.9. The normalized spacial score (nSPS) is 11.1. The van der Waals surface area contributed by atoms with Gasteiger partial charge in [0.2, 0.25) is 5.91 Å². The second-order valence-corrected chi connectivity index (χ2v) is 9.02. The summed E-state index contributed by atoms with van der Waals surface area (Å²) in [7, 11) is 0. The van der Waals surface area contributed by atoms with Crippen LogP contribution in [0.25, 0.3) is 16.9 Å². The van der Waals surface area contributed by atoms with Crippen LogP contribution in [0, 0.1) is 6.92 Å². The van der Waals surface area contributed by atoms with Crippen molar-refractivity contribution in [2.24, 2.45) is 5.10 Å². The van der Waals surface area contributed by atoms with Gasteiger partial charge in [0.25, 0.3) is 5.91 Å². The zero-order chi connectivity index (χ0) is 25.6. The molecule has 0 saturated heterocycles. The average molecular weight is 488 g/mol. The fourth-order valence-corrected chi connectivity index (χ4v) is 3.85. The van der Waals surface area contributed by atoms with Crippen LogP contribution in [0.1, 0.15) is 69.4 Å². The van der Waals surface area contributed by atoms with Gasteiger partial charge in [0.1, 0.15) is 5.69 Å². The summed E-state index contributed by atoms with van der Waals surface area (Å²) >= 11 is 0. The van der Waals surface area contributed by atoms with E-state index in [-0.39, 0.29) is 18.4 Å². The summed E-state index contributed by atoms with van der Waals surface area (Å²) in [6.07, 6.45) is 12.0. The van der Waals surface area contributed by atoms with Crippen LogP contribution in [0.4, 0.5) is 0 Å². The molecule has 190 valence electrons. The van der Waals surface area contributed by atoms with Crippen molar-refractivity contribution in [3.8, 4) is 16.9 Å². The van der Waals surface area contributed by atoms with E-state index in [9.17, 15) is 9.59 Å². The van der Waals surface area contributed by atoms with E-state index in [1.54, 1.807) is 10.9 Å². The van der Waals surface area contributed by atoms with E-state index < -0.39 is 0 Å². The second kappa shape index (κ2) is 14.6. The minimum absolute atomic E-state index is 0.0965. The third-order valence-electron chi connectivity index (χ3n) is 5.93. The van der Waals surface area contributed by atoms with Gasteiger partial charge in [0, 0.05) is 23.7 Å². The molecule has 0 aliphatic rings. The Morgan fingerprint density at radius 1 is 0.917 bits per heavy atom. The van der Waals surface area contributed by atoms with E-state index in [1.165, 1.54) is 25.7 Å². The predicted octanol–water partition coefficient (Wildman–Crippen LogP) is 5.55. The molecule has 2 aromatic carbocycles. The van der Waals surface area contributed by atoms with E-state index in [4.69, 9.17) is 5.10 Å². The zero-order valence-electron chi connectivity index (χ0n) is 21.4. The molecule has 7 heteroatoms. The molecule has 3 rings (SSSR count). The SMILES string of the molecule is CCCCCCCCCC(=O)NCC(=O)N/N=C\c1cn(-c2ccccc2)nc1-c1ccc(C)cc1. The van der Waals surface area contributed by atoms with Gasteiger partial charge in [-0.25, -0.2) is 10.1 Å². The Bertz CT molecular complexity index is 1120. The number of hydrazone groups is 1. The van der Waals surface area contributed by atoms with Crippen LogP contribution < -0.4 is 10.7 Å². The summed E-state index contributed by atoms with van der Waals surface area (Å²) in [6, 6.07) is 17.9. The van der Waals surface area contributed by atoms with Gasteiger partial charge in [-0.05, 0) is 25.5 Å². The second-order valence-electron chi connectivity index (χ2n) is 9.02. The van der Waals surface area contributed by atoms with E-state index in [1.807, 2.05) is 67.7 Å². The highest BCUT2D eigenvalue weighted by Crippen LogP contribution is 2.23. The topological polar surface area (TPSA) is 88.4 Å². The van der Waals surface area contributed by atoms with Crippen molar-refractivity contribution >= 4 is 18.0 Å². The van der Waals surface area contributed by atoms with Crippen molar-refractivity contribution in [2.75, 3.05) is 6.54 Å². The third-order valence-corrected chi connectivity index (χ3v) is 5.93. The number of nitrogens with one attached hydrogen (secondary N) is 2. The number of hydrogen-bond acceptors (Lipinski definition) is 4. The molecule has 2 N–H and O–H groups in total. The van der Waals surface area contributed by atoms with Gasteiger partial charge < -0.3 is 5.32 Å². The lowest BCUT2D eigenvalue weighted by molar-refractivity contribution is -0.126. The molecule has 0 aliphatic carbocycles. The minimum atomic E-state index is -0.369. The molecule has 0 bridgehead atoms. The number of hydrogen-bond donors (Lipinski definition) is 2. The van der Waals surface area contributed by atoms with Gasteiger partial charge >= 0.3 is 0 Å². The molecule has 0 radical (unpaired) electrons.